The van der Waals surface area contributed by atoms with E-state index in [1.165, 1.54) is 32.1 Å². The van der Waals surface area contributed by atoms with Gasteiger partial charge in [-0.05, 0) is 6.42 Å². The standard InChI is InChI=1S/C8H16O2.C4H10.H3N/c1-2-3-4-5-6-7-8(9)10;1-3-4-2;/h2-7H2,1H3,(H,9,10);3-4H2,1-2H3;1H3. The highest BCUT2D eigenvalue weighted by Gasteiger charge is 1.94. The number of carboxylic acid groups (broad SMARTS) is 1. The lowest BCUT2D eigenvalue weighted by molar-refractivity contribution is -0.137. The van der Waals surface area contributed by atoms with Gasteiger partial charge in [-0.25, -0.2) is 0 Å². The molecule has 0 spiro atoms. The predicted molar refractivity (Wildman–Crippen MR) is 66.6 cm³/mol. The number of hydrogen-bond acceptors (Lipinski definition) is 2. The van der Waals surface area contributed by atoms with Crippen molar-refractivity contribution in [2.45, 2.75) is 72.1 Å². The third-order valence-corrected chi connectivity index (χ3v) is 1.99. The van der Waals surface area contributed by atoms with Gasteiger partial charge in [0.25, 0.3) is 0 Å². The molecule has 94 valence electrons. The third kappa shape index (κ3) is 31.8. The fourth-order valence-corrected chi connectivity index (χ4v) is 0.880. The molecule has 0 fully saturated rings. The number of unbranched alkanes of at least 4 members (excludes halogenated alkanes) is 5. The van der Waals surface area contributed by atoms with Gasteiger partial charge in [0.1, 0.15) is 0 Å². The summed E-state index contributed by atoms with van der Waals surface area (Å²) in [7, 11) is 0. The molecular weight excluding hydrogens is 190 g/mol. The number of carboxylic acids is 1. The van der Waals surface area contributed by atoms with Crippen molar-refractivity contribution in [1.82, 2.24) is 6.15 Å². The molecule has 0 aromatic carbocycles. The van der Waals surface area contributed by atoms with E-state index in [2.05, 4.69) is 20.8 Å². The molecule has 0 unspecified atom stereocenters. The average molecular weight is 219 g/mol. The molecule has 0 amide bonds. The first-order chi connectivity index (χ1) is 6.68. The molecule has 0 aliphatic rings. The zero-order valence-corrected chi connectivity index (χ0v) is 10.7. The predicted octanol–water partition coefficient (Wildman–Crippen LogP) is 4.40. The molecule has 3 nitrogen and oxygen atoms in total. The quantitative estimate of drug-likeness (QED) is 0.623. The van der Waals surface area contributed by atoms with Crippen LogP contribution in [0.3, 0.4) is 0 Å². The van der Waals surface area contributed by atoms with Gasteiger partial charge in [0, 0.05) is 6.42 Å². The Bertz CT molecular complexity index is 114. The van der Waals surface area contributed by atoms with Gasteiger partial charge in [-0.15, -0.1) is 0 Å². The summed E-state index contributed by atoms with van der Waals surface area (Å²) in [6, 6.07) is 0. The lowest BCUT2D eigenvalue weighted by Crippen LogP contribution is -1.93. The van der Waals surface area contributed by atoms with E-state index in [1.807, 2.05) is 0 Å². The number of carbonyl (C=O) groups is 1. The summed E-state index contributed by atoms with van der Waals surface area (Å²) in [6.07, 6.45) is 8.52. The van der Waals surface area contributed by atoms with Crippen molar-refractivity contribution in [3.8, 4) is 0 Å². The highest BCUT2D eigenvalue weighted by atomic mass is 16.4. The van der Waals surface area contributed by atoms with Crippen LogP contribution in [0.2, 0.25) is 0 Å². The third-order valence-electron chi connectivity index (χ3n) is 1.99. The SMILES string of the molecule is CCCC.CCCCCCCC(=O)O.N. The molecule has 0 aromatic heterocycles. The normalized spacial score (nSPS) is 8.47. The molecule has 0 atom stereocenters. The first kappa shape index (κ1) is 19.9. The van der Waals surface area contributed by atoms with E-state index in [4.69, 9.17) is 5.11 Å². The zero-order chi connectivity index (χ0) is 11.2. The Kier molecular flexibility index (Phi) is 25.3. The molecule has 0 aliphatic carbocycles. The Balaban J connectivity index is -0.000000249. The van der Waals surface area contributed by atoms with E-state index in [1.54, 1.807) is 0 Å². The molecule has 0 radical (unpaired) electrons. The second kappa shape index (κ2) is 19.1. The van der Waals surface area contributed by atoms with E-state index in [-0.39, 0.29) is 6.15 Å². The zero-order valence-electron chi connectivity index (χ0n) is 10.7. The molecule has 0 aliphatic heterocycles. The molecule has 0 heterocycles. The van der Waals surface area contributed by atoms with Gasteiger partial charge in [-0.3, -0.25) is 4.79 Å². The van der Waals surface area contributed by atoms with Crippen LogP contribution in [0.15, 0.2) is 0 Å². The molecule has 4 N–H and O–H groups in total. The minimum Gasteiger partial charge on any atom is -0.481 e. The van der Waals surface area contributed by atoms with Crippen molar-refractivity contribution in [2.75, 3.05) is 0 Å². The summed E-state index contributed by atoms with van der Waals surface area (Å²) in [5, 5.41) is 8.27. The molecule has 0 saturated carbocycles. The van der Waals surface area contributed by atoms with Crippen molar-refractivity contribution in [3.05, 3.63) is 0 Å². The highest BCUT2D eigenvalue weighted by molar-refractivity contribution is 5.66. The second-order valence-corrected chi connectivity index (χ2v) is 3.56. The summed E-state index contributed by atoms with van der Waals surface area (Å²) in [4.78, 5) is 10.0. The second-order valence-electron chi connectivity index (χ2n) is 3.56. The van der Waals surface area contributed by atoms with Gasteiger partial charge >= 0.3 is 5.97 Å². The number of aliphatic carboxylic acids is 1. The maximum atomic E-state index is 10.0. The van der Waals surface area contributed by atoms with Crippen LogP contribution in [-0.2, 0) is 4.79 Å². The van der Waals surface area contributed by atoms with Crippen LogP contribution in [0.1, 0.15) is 72.1 Å². The van der Waals surface area contributed by atoms with Crippen LogP contribution in [-0.4, -0.2) is 11.1 Å². The number of rotatable bonds is 7. The Morgan fingerprint density at radius 2 is 1.33 bits per heavy atom. The van der Waals surface area contributed by atoms with Crippen LogP contribution >= 0.6 is 0 Å². The lowest BCUT2D eigenvalue weighted by atomic mass is 10.1. The molecule has 0 aromatic rings. The smallest absolute Gasteiger partial charge is 0.303 e. The summed E-state index contributed by atoms with van der Waals surface area (Å²) in [5.74, 6) is -0.670. The van der Waals surface area contributed by atoms with Crippen molar-refractivity contribution in [1.29, 1.82) is 0 Å². The molecule has 0 saturated heterocycles. The highest BCUT2D eigenvalue weighted by Crippen LogP contribution is 2.04. The van der Waals surface area contributed by atoms with Crippen LogP contribution in [0, 0.1) is 0 Å². The number of hydrogen-bond donors (Lipinski definition) is 2. The van der Waals surface area contributed by atoms with Crippen LogP contribution in [0.4, 0.5) is 0 Å². The summed E-state index contributed by atoms with van der Waals surface area (Å²) in [6.45, 7) is 6.51. The average Bonchev–Trinajstić information content (AvgIpc) is 2.18. The summed E-state index contributed by atoms with van der Waals surface area (Å²) >= 11 is 0. The molecule has 0 bridgehead atoms. The van der Waals surface area contributed by atoms with Gasteiger partial charge < -0.3 is 11.3 Å². The topological polar surface area (TPSA) is 72.3 Å². The molecular formula is C12H29NO2. The molecule has 15 heavy (non-hydrogen) atoms. The van der Waals surface area contributed by atoms with E-state index >= 15 is 0 Å². The summed E-state index contributed by atoms with van der Waals surface area (Å²) in [5.41, 5.74) is 0. The van der Waals surface area contributed by atoms with Crippen molar-refractivity contribution < 1.29 is 9.90 Å². The maximum absolute atomic E-state index is 10.0. The Labute approximate surface area is 94.9 Å². The van der Waals surface area contributed by atoms with Gasteiger partial charge in [-0.1, -0.05) is 59.3 Å². The first-order valence-corrected chi connectivity index (χ1v) is 5.90. The molecule has 3 heteroatoms. The van der Waals surface area contributed by atoms with E-state index in [0.717, 1.165) is 12.8 Å². The van der Waals surface area contributed by atoms with Crippen LogP contribution in [0.25, 0.3) is 0 Å². The summed E-state index contributed by atoms with van der Waals surface area (Å²) < 4.78 is 0. The monoisotopic (exact) mass is 219 g/mol. The van der Waals surface area contributed by atoms with Crippen LogP contribution in [0.5, 0.6) is 0 Å². The first-order valence-electron chi connectivity index (χ1n) is 5.90. The maximum Gasteiger partial charge on any atom is 0.303 e. The Morgan fingerprint density at radius 1 is 0.867 bits per heavy atom. The van der Waals surface area contributed by atoms with Crippen molar-refractivity contribution >= 4 is 5.97 Å². The largest absolute Gasteiger partial charge is 0.481 e. The van der Waals surface area contributed by atoms with Gasteiger partial charge in [-0.2, -0.15) is 0 Å². The van der Waals surface area contributed by atoms with Gasteiger partial charge in [0.15, 0.2) is 0 Å². The van der Waals surface area contributed by atoms with E-state index in [9.17, 15) is 4.79 Å². The minimum atomic E-state index is -0.670. The fraction of sp³-hybridized carbons (Fsp3) is 0.917. The van der Waals surface area contributed by atoms with Crippen molar-refractivity contribution in [3.63, 3.8) is 0 Å². The van der Waals surface area contributed by atoms with Gasteiger partial charge in [0.05, 0.1) is 0 Å². The molecule has 0 rings (SSSR count). The Hall–Kier alpha value is -0.570. The minimum absolute atomic E-state index is 0. The Morgan fingerprint density at radius 3 is 1.67 bits per heavy atom. The van der Waals surface area contributed by atoms with E-state index in [0.29, 0.717) is 6.42 Å². The van der Waals surface area contributed by atoms with Crippen molar-refractivity contribution in [2.24, 2.45) is 0 Å². The van der Waals surface area contributed by atoms with E-state index < -0.39 is 5.97 Å². The van der Waals surface area contributed by atoms with Gasteiger partial charge in [0.2, 0.25) is 0 Å². The van der Waals surface area contributed by atoms with Crippen LogP contribution < -0.4 is 6.15 Å². The fourth-order valence-electron chi connectivity index (χ4n) is 0.880. The lowest BCUT2D eigenvalue weighted by Gasteiger charge is -1.95.